The first-order valence-corrected chi connectivity index (χ1v) is 7.74. The van der Waals surface area contributed by atoms with Crippen LogP contribution in [0.1, 0.15) is 17.3 Å². The summed E-state index contributed by atoms with van der Waals surface area (Å²) in [6.45, 7) is 1.44. The maximum Gasteiger partial charge on any atom is 0.325 e. The van der Waals surface area contributed by atoms with Crippen molar-refractivity contribution in [3.8, 4) is 0 Å². The van der Waals surface area contributed by atoms with E-state index in [0.717, 1.165) is 10.7 Å². The molecule has 0 aliphatic rings. The minimum atomic E-state index is -1.05. The number of amides is 1. The average Bonchev–Trinajstić information content (AvgIpc) is 2.22. The number of nitrogens with one attached hydrogen (secondary N) is 1. The van der Waals surface area contributed by atoms with Gasteiger partial charge < -0.3 is 10.4 Å². The lowest BCUT2D eigenvalue weighted by molar-refractivity contribution is -0.138. The van der Waals surface area contributed by atoms with Crippen LogP contribution < -0.4 is 5.32 Å². The van der Waals surface area contributed by atoms with Crippen molar-refractivity contribution in [3.05, 3.63) is 28.4 Å². The number of hydrogen-bond donors (Lipinski definition) is 2. The van der Waals surface area contributed by atoms with Crippen LogP contribution in [0.25, 0.3) is 0 Å². The zero-order valence-corrected chi connectivity index (χ0v) is 15.1. The third kappa shape index (κ3) is 4.19. The number of rotatable bonds is 3. The molecule has 0 saturated heterocycles. The molecule has 2 N–H and O–H groups in total. The number of carbonyl (C=O) groups excluding carboxylic acids is 1. The van der Waals surface area contributed by atoms with Crippen LogP contribution >= 0.6 is 67.8 Å². The maximum absolute atomic E-state index is 11.9. The van der Waals surface area contributed by atoms with Gasteiger partial charge in [-0.2, -0.15) is 0 Å². The van der Waals surface area contributed by atoms with Gasteiger partial charge in [-0.05, 0) is 86.8 Å². The third-order valence-corrected chi connectivity index (χ3v) is 5.62. The fraction of sp³-hybridized carbons (Fsp3) is 0.200. The Bertz CT molecular complexity index is 476. The van der Waals surface area contributed by atoms with Gasteiger partial charge in [0, 0.05) is 10.7 Å². The molecule has 1 rings (SSSR count). The van der Waals surface area contributed by atoms with Gasteiger partial charge in [0.1, 0.15) is 6.04 Å². The molecule has 92 valence electrons. The predicted octanol–water partition coefficient (Wildman–Crippen LogP) is 2.70. The second-order valence-electron chi connectivity index (χ2n) is 3.28. The van der Waals surface area contributed by atoms with E-state index in [0.29, 0.717) is 5.56 Å². The Balaban J connectivity index is 3.01. The zero-order chi connectivity index (χ0) is 13.2. The Hall–Kier alpha value is 0.350. The highest BCUT2D eigenvalue weighted by molar-refractivity contribution is 14.1. The zero-order valence-electron chi connectivity index (χ0n) is 8.63. The van der Waals surface area contributed by atoms with Gasteiger partial charge in [0.2, 0.25) is 0 Å². The van der Waals surface area contributed by atoms with Gasteiger partial charge in [0.05, 0.1) is 5.56 Å². The summed E-state index contributed by atoms with van der Waals surface area (Å²) in [6, 6.07) is 2.81. The number of hydrogen-bond acceptors (Lipinski definition) is 2. The molecular formula is C10H8I3NO3. The second kappa shape index (κ2) is 6.50. The van der Waals surface area contributed by atoms with Gasteiger partial charge in [0.15, 0.2) is 0 Å². The number of halogens is 3. The lowest BCUT2D eigenvalue weighted by atomic mass is 10.2. The quantitative estimate of drug-likeness (QED) is 0.434. The highest BCUT2D eigenvalue weighted by atomic mass is 127. The SMILES string of the molecule is C[C@@H](NC(=O)c1cc(I)cc(I)c1I)C(=O)O. The molecule has 0 heterocycles. The second-order valence-corrected chi connectivity index (χ2v) is 6.77. The van der Waals surface area contributed by atoms with Crippen molar-refractivity contribution in [2.45, 2.75) is 13.0 Å². The van der Waals surface area contributed by atoms with Crippen LogP contribution in [0, 0.1) is 10.7 Å². The summed E-state index contributed by atoms with van der Waals surface area (Å²) in [5, 5.41) is 11.2. The van der Waals surface area contributed by atoms with Gasteiger partial charge in [0.25, 0.3) is 5.91 Å². The van der Waals surface area contributed by atoms with Crippen molar-refractivity contribution in [1.29, 1.82) is 0 Å². The first-order chi connectivity index (χ1) is 7.82. The molecule has 1 amide bonds. The van der Waals surface area contributed by atoms with Gasteiger partial charge in [-0.1, -0.05) is 0 Å². The Morgan fingerprint density at radius 1 is 1.29 bits per heavy atom. The van der Waals surface area contributed by atoms with E-state index in [-0.39, 0.29) is 5.91 Å². The van der Waals surface area contributed by atoms with Crippen molar-refractivity contribution in [1.82, 2.24) is 5.32 Å². The Kier molecular flexibility index (Phi) is 5.89. The summed E-state index contributed by atoms with van der Waals surface area (Å²) in [5.74, 6) is -1.41. The summed E-state index contributed by atoms with van der Waals surface area (Å²) in [7, 11) is 0. The van der Waals surface area contributed by atoms with E-state index in [4.69, 9.17) is 5.11 Å². The molecule has 7 heteroatoms. The first kappa shape index (κ1) is 15.4. The molecule has 0 aliphatic carbocycles. The first-order valence-electron chi connectivity index (χ1n) is 4.51. The molecule has 0 fully saturated rings. The summed E-state index contributed by atoms with van der Waals surface area (Å²) < 4.78 is 2.75. The van der Waals surface area contributed by atoms with E-state index in [2.05, 4.69) is 73.1 Å². The van der Waals surface area contributed by atoms with E-state index in [1.54, 1.807) is 6.07 Å². The van der Waals surface area contributed by atoms with E-state index in [9.17, 15) is 9.59 Å². The molecule has 0 spiro atoms. The van der Waals surface area contributed by atoms with Crippen molar-refractivity contribution in [3.63, 3.8) is 0 Å². The van der Waals surface area contributed by atoms with Crippen LogP contribution in [-0.4, -0.2) is 23.0 Å². The predicted molar refractivity (Wildman–Crippen MR) is 89.2 cm³/mol. The molecule has 4 nitrogen and oxygen atoms in total. The smallest absolute Gasteiger partial charge is 0.325 e. The van der Waals surface area contributed by atoms with Crippen molar-refractivity contribution in [2.75, 3.05) is 0 Å². The van der Waals surface area contributed by atoms with Gasteiger partial charge in [-0.3, -0.25) is 9.59 Å². The van der Waals surface area contributed by atoms with Gasteiger partial charge in [-0.15, -0.1) is 0 Å². The summed E-state index contributed by atoms with van der Waals surface area (Å²) in [4.78, 5) is 22.6. The van der Waals surface area contributed by atoms with Crippen LogP contribution in [0.2, 0.25) is 0 Å². The molecule has 0 aliphatic heterocycles. The highest BCUT2D eigenvalue weighted by Crippen LogP contribution is 2.22. The largest absolute Gasteiger partial charge is 0.480 e. The van der Waals surface area contributed by atoms with E-state index >= 15 is 0 Å². The van der Waals surface area contributed by atoms with Gasteiger partial charge in [-0.25, -0.2) is 0 Å². The van der Waals surface area contributed by atoms with Crippen molar-refractivity contribution < 1.29 is 14.7 Å². The van der Waals surface area contributed by atoms with Crippen molar-refractivity contribution in [2.24, 2.45) is 0 Å². The molecule has 0 radical (unpaired) electrons. The molecule has 0 aromatic heterocycles. The fourth-order valence-corrected chi connectivity index (χ4v) is 3.46. The lowest BCUT2D eigenvalue weighted by Crippen LogP contribution is -2.38. The molecule has 0 unspecified atom stereocenters. The number of benzene rings is 1. The molecule has 1 aromatic carbocycles. The van der Waals surface area contributed by atoms with Crippen LogP contribution in [0.5, 0.6) is 0 Å². The van der Waals surface area contributed by atoms with E-state index < -0.39 is 12.0 Å². The number of carboxylic acids is 1. The highest BCUT2D eigenvalue weighted by Gasteiger charge is 2.18. The molecule has 1 aromatic rings. The molecule has 17 heavy (non-hydrogen) atoms. The van der Waals surface area contributed by atoms with Crippen LogP contribution in [-0.2, 0) is 4.79 Å². The number of carboxylic acid groups (broad SMARTS) is 1. The Morgan fingerprint density at radius 2 is 1.88 bits per heavy atom. The monoisotopic (exact) mass is 571 g/mol. The topological polar surface area (TPSA) is 66.4 Å². The molecule has 1 atom stereocenters. The molecule has 0 saturated carbocycles. The van der Waals surface area contributed by atoms with Crippen LogP contribution in [0.15, 0.2) is 12.1 Å². The van der Waals surface area contributed by atoms with E-state index in [1.165, 1.54) is 6.92 Å². The minimum Gasteiger partial charge on any atom is -0.480 e. The lowest BCUT2D eigenvalue weighted by Gasteiger charge is -2.11. The normalized spacial score (nSPS) is 12.0. The van der Waals surface area contributed by atoms with Gasteiger partial charge >= 0.3 is 5.97 Å². The molecular weight excluding hydrogens is 563 g/mol. The Morgan fingerprint density at radius 3 is 2.41 bits per heavy atom. The van der Waals surface area contributed by atoms with E-state index in [1.807, 2.05) is 6.07 Å². The average molecular weight is 571 g/mol. The Labute approximate surface area is 139 Å². The minimum absolute atomic E-state index is 0.360. The summed E-state index contributed by atoms with van der Waals surface area (Å²) in [6.07, 6.45) is 0. The maximum atomic E-state index is 11.9. The van der Waals surface area contributed by atoms with Crippen LogP contribution in [0.4, 0.5) is 0 Å². The molecule has 0 bridgehead atoms. The fourth-order valence-electron chi connectivity index (χ4n) is 1.06. The number of carbonyl (C=O) groups is 2. The third-order valence-electron chi connectivity index (χ3n) is 1.96. The van der Waals surface area contributed by atoms with Crippen LogP contribution in [0.3, 0.4) is 0 Å². The number of aliphatic carboxylic acids is 1. The summed E-state index contributed by atoms with van der Waals surface area (Å²) in [5.41, 5.74) is 0.509. The standard InChI is InChI=1S/C10H8I3NO3/c1-4(10(16)17)14-9(15)6-2-5(11)3-7(12)8(6)13/h2-4H,1H3,(H,14,15)(H,16,17)/t4-/m1/s1. The van der Waals surface area contributed by atoms with Crippen molar-refractivity contribution >= 4 is 79.6 Å². The summed E-state index contributed by atoms with van der Waals surface area (Å²) >= 11 is 6.35.